The highest BCUT2D eigenvalue weighted by Gasteiger charge is 2.31. The largest absolute Gasteiger partial charge is 0.372 e. The quantitative estimate of drug-likeness (QED) is 0.810. The molecule has 5 nitrogen and oxygen atoms in total. The fourth-order valence-electron chi connectivity index (χ4n) is 2.38. The summed E-state index contributed by atoms with van der Waals surface area (Å²) in [6, 6.07) is 4.90. The second-order valence-electron chi connectivity index (χ2n) is 5.64. The Bertz CT molecular complexity index is 783. The lowest BCUT2D eigenvalue weighted by molar-refractivity contribution is 0.00319. The summed E-state index contributed by atoms with van der Waals surface area (Å²) in [6.45, 7) is 1.74. The molecule has 0 unspecified atom stereocenters. The van der Waals surface area contributed by atoms with Crippen LogP contribution in [0.15, 0.2) is 24.4 Å². The molecule has 1 N–H and O–H groups in total. The number of aromatic nitrogens is 2. The molecular weight excluding hydrogens is 375 g/mol. The molecule has 0 aliphatic carbocycles. The van der Waals surface area contributed by atoms with Crippen LogP contribution in [-0.2, 0) is 17.4 Å². The Kier molecular flexibility index (Phi) is 6.03. The number of benzene rings is 1. The number of nitrogens with zero attached hydrogens (tertiary/aromatic N) is 2. The van der Waals surface area contributed by atoms with Crippen LogP contribution in [0.4, 0.5) is 8.78 Å². The van der Waals surface area contributed by atoms with Crippen molar-refractivity contribution in [2.75, 3.05) is 13.7 Å². The van der Waals surface area contributed by atoms with Gasteiger partial charge >= 0.3 is 0 Å². The normalized spacial score (nSPS) is 13.8. The zero-order chi connectivity index (χ0) is 18.8. The minimum atomic E-state index is -2.85. The van der Waals surface area contributed by atoms with Crippen LogP contribution in [0.2, 0.25) is 10.0 Å². The summed E-state index contributed by atoms with van der Waals surface area (Å²) in [5.41, 5.74) is -1.10. The van der Waals surface area contributed by atoms with E-state index in [4.69, 9.17) is 27.9 Å². The van der Waals surface area contributed by atoms with Gasteiger partial charge < -0.3 is 10.1 Å². The molecule has 1 aromatic heterocycles. The first-order valence-corrected chi connectivity index (χ1v) is 8.04. The molecule has 1 aromatic carbocycles. The second kappa shape index (κ2) is 7.68. The van der Waals surface area contributed by atoms with Crippen molar-refractivity contribution in [3.63, 3.8) is 0 Å². The van der Waals surface area contributed by atoms with Crippen molar-refractivity contribution in [3.05, 3.63) is 51.3 Å². The van der Waals surface area contributed by atoms with Gasteiger partial charge in [0.1, 0.15) is 11.3 Å². The van der Waals surface area contributed by atoms with Gasteiger partial charge in [0, 0.05) is 36.0 Å². The summed E-state index contributed by atoms with van der Waals surface area (Å²) in [5.74, 6) is -0.670. The van der Waals surface area contributed by atoms with Gasteiger partial charge in [0.15, 0.2) is 0 Å². The lowest BCUT2D eigenvalue weighted by Crippen LogP contribution is -2.40. The van der Waals surface area contributed by atoms with Crippen LogP contribution in [-0.4, -0.2) is 29.3 Å². The van der Waals surface area contributed by atoms with E-state index >= 15 is 0 Å². The van der Waals surface area contributed by atoms with Gasteiger partial charge in [-0.1, -0.05) is 29.3 Å². The van der Waals surface area contributed by atoms with Crippen LogP contribution >= 0.6 is 23.2 Å². The predicted octanol–water partition coefficient (Wildman–Crippen LogP) is 3.96. The minimum absolute atomic E-state index is 0.0151. The summed E-state index contributed by atoms with van der Waals surface area (Å²) in [4.78, 5) is 12.3. The van der Waals surface area contributed by atoms with E-state index in [2.05, 4.69) is 10.4 Å². The highest BCUT2D eigenvalue weighted by Crippen LogP contribution is 2.32. The number of hydrogen-bond donors (Lipinski definition) is 1. The van der Waals surface area contributed by atoms with Crippen LogP contribution in [0.25, 0.3) is 0 Å². The first kappa shape index (κ1) is 19.6. The first-order chi connectivity index (χ1) is 11.7. The van der Waals surface area contributed by atoms with Crippen LogP contribution in [0.5, 0.6) is 0 Å². The van der Waals surface area contributed by atoms with Crippen molar-refractivity contribution in [1.29, 1.82) is 0 Å². The lowest BCUT2D eigenvalue weighted by atomic mass is 9.95. The van der Waals surface area contributed by atoms with Gasteiger partial charge in [0.2, 0.25) is 0 Å². The highest BCUT2D eigenvalue weighted by molar-refractivity contribution is 6.35. The van der Waals surface area contributed by atoms with E-state index in [1.165, 1.54) is 25.0 Å². The maximum absolute atomic E-state index is 13.0. The average Bonchev–Trinajstić information content (AvgIpc) is 2.94. The highest BCUT2D eigenvalue weighted by atomic mass is 35.5. The molecule has 0 radical (unpaired) electrons. The molecule has 1 heterocycles. The molecule has 9 heteroatoms. The number of amides is 1. The molecule has 0 aliphatic rings. The molecule has 2 rings (SSSR count). The molecule has 2 aromatic rings. The Hall–Kier alpha value is -1.70. The van der Waals surface area contributed by atoms with Crippen LogP contribution in [0.3, 0.4) is 0 Å². The Morgan fingerprint density at radius 1 is 1.44 bits per heavy atom. The number of carbonyl (C=O) groups excluding carboxylic acids is 1. The number of hydrogen-bond acceptors (Lipinski definition) is 3. The van der Waals surface area contributed by atoms with Gasteiger partial charge in [-0.2, -0.15) is 5.10 Å². The van der Waals surface area contributed by atoms with E-state index in [0.29, 0.717) is 15.6 Å². The number of alkyl halides is 2. The molecular formula is C16H17Cl2F2N3O2. The number of ether oxygens (including phenoxy) is 1. The van der Waals surface area contributed by atoms with E-state index in [1.807, 2.05) is 0 Å². The number of methoxy groups -OCH3 is 1. The molecule has 0 fully saturated rings. The van der Waals surface area contributed by atoms with Crippen molar-refractivity contribution in [2.24, 2.45) is 7.05 Å². The molecule has 25 heavy (non-hydrogen) atoms. The number of aryl methyl sites for hydroxylation is 1. The molecule has 1 amide bonds. The predicted molar refractivity (Wildman–Crippen MR) is 91.3 cm³/mol. The molecule has 0 spiro atoms. The van der Waals surface area contributed by atoms with Gasteiger partial charge in [-0.3, -0.25) is 9.48 Å². The monoisotopic (exact) mass is 391 g/mol. The van der Waals surface area contributed by atoms with E-state index < -0.39 is 23.6 Å². The molecule has 1 atom stereocenters. The summed E-state index contributed by atoms with van der Waals surface area (Å²) >= 11 is 12.1. The fourth-order valence-corrected chi connectivity index (χ4v) is 2.99. The van der Waals surface area contributed by atoms with Crippen LogP contribution in [0, 0.1) is 0 Å². The number of nitrogens with one attached hydrogen (secondary N) is 1. The zero-order valence-electron chi connectivity index (χ0n) is 13.8. The van der Waals surface area contributed by atoms with E-state index in [0.717, 1.165) is 0 Å². The Morgan fingerprint density at radius 2 is 2.12 bits per heavy atom. The van der Waals surface area contributed by atoms with Crippen LogP contribution in [0.1, 0.15) is 35.0 Å². The first-order valence-electron chi connectivity index (χ1n) is 7.28. The zero-order valence-corrected chi connectivity index (χ0v) is 15.3. The van der Waals surface area contributed by atoms with Gasteiger partial charge in [0.05, 0.1) is 12.1 Å². The van der Waals surface area contributed by atoms with E-state index in [9.17, 15) is 13.6 Å². The van der Waals surface area contributed by atoms with E-state index in [-0.39, 0.29) is 12.1 Å². The fraction of sp³-hybridized carbons (Fsp3) is 0.375. The summed E-state index contributed by atoms with van der Waals surface area (Å²) < 4.78 is 32.6. The maximum Gasteiger partial charge on any atom is 0.282 e. The van der Waals surface area contributed by atoms with Gasteiger partial charge in [-0.15, -0.1) is 0 Å². The standard InChI is InChI=1S/C16H17Cl2F2N3O2/c1-16(25-3,11-5-4-9(17)6-12(11)18)8-21-15(24)10-7-23(2)22-13(10)14(19)20/h4-7,14H,8H2,1-3H3,(H,21,24)/t16-/m1/s1. The van der Waals surface area contributed by atoms with Gasteiger partial charge in [-0.05, 0) is 19.1 Å². The molecule has 0 saturated carbocycles. The molecule has 0 saturated heterocycles. The third-order valence-electron chi connectivity index (χ3n) is 3.85. The maximum atomic E-state index is 13.0. The third kappa shape index (κ3) is 4.29. The molecule has 0 bridgehead atoms. The van der Waals surface area contributed by atoms with Crippen molar-refractivity contribution in [1.82, 2.24) is 15.1 Å². The Balaban J connectivity index is 2.21. The number of carbonyl (C=O) groups is 1. The van der Waals surface area contributed by atoms with Crippen molar-refractivity contribution < 1.29 is 18.3 Å². The third-order valence-corrected chi connectivity index (χ3v) is 4.39. The summed E-state index contributed by atoms with van der Waals surface area (Å²) in [7, 11) is 2.93. The summed E-state index contributed by atoms with van der Waals surface area (Å²) in [5, 5.41) is 7.06. The smallest absolute Gasteiger partial charge is 0.282 e. The Morgan fingerprint density at radius 3 is 2.68 bits per heavy atom. The minimum Gasteiger partial charge on any atom is -0.372 e. The average molecular weight is 392 g/mol. The second-order valence-corrected chi connectivity index (χ2v) is 6.49. The van der Waals surface area contributed by atoms with Crippen molar-refractivity contribution >= 4 is 29.1 Å². The topological polar surface area (TPSA) is 56.1 Å². The van der Waals surface area contributed by atoms with Crippen molar-refractivity contribution in [2.45, 2.75) is 19.0 Å². The van der Waals surface area contributed by atoms with Gasteiger partial charge in [0.25, 0.3) is 12.3 Å². The number of rotatable bonds is 6. The molecule has 0 aliphatic heterocycles. The lowest BCUT2D eigenvalue weighted by Gasteiger charge is -2.30. The number of halogens is 4. The van der Waals surface area contributed by atoms with E-state index in [1.54, 1.807) is 25.1 Å². The SMILES string of the molecule is CO[C@](C)(CNC(=O)c1cn(C)nc1C(F)F)c1ccc(Cl)cc1Cl. The van der Waals surface area contributed by atoms with Crippen LogP contribution < -0.4 is 5.32 Å². The summed E-state index contributed by atoms with van der Waals surface area (Å²) in [6.07, 6.45) is -1.60. The van der Waals surface area contributed by atoms with Gasteiger partial charge in [-0.25, -0.2) is 8.78 Å². The van der Waals surface area contributed by atoms with Crippen molar-refractivity contribution in [3.8, 4) is 0 Å². The molecule has 136 valence electrons. The Labute approximate surface area is 153 Å².